The summed E-state index contributed by atoms with van der Waals surface area (Å²) in [7, 11) is -4.48. The van der Waals surface area contributed by atoms with Gasteiger partial charge in [0.1, 0.15) is 27.5 Å². The standard InChI is InChI=1S/C42H45Cl2F2N7O5S/c1-42(2)14-12-27(33(20-42)26-6-8-28(43)9-7-26)21-47-15-16-48-29-10-11-32(38(18-29)58-37-5-3-4-36-34(37)23-50-51-36)40(54)52-59(55,56)31-19-35(44)41(49-22-31)57-30-13-17-53(24-30)25-39(45)46/h3-11,18-19,22-23,30,39,47-48H,12-17,20-21,24-25H2,1-2H3,(H,50,51)(H,52,54)/t30-/m1/s1. The Balaban J connectivity index is 1.03. The number of allylic oxidation sites excluding steroid dienone is 1. The molecule has 0 bridgehead atoms. The summed E-state index contributed by atoms with van der Waals surface area (Å²) in [6.45, 7) is 6.85. The van der Waals surface area contributed by atoms with Crippen molar-refractivity contribution in [1.29, 1.82) is 0 Å². The predicted molar refractivity (Wildman–Crippen MR) is 225 cm³/mol. The molecule has 7 rings (SSSR count). The third-order valence-electron chi connectivity index (χ3n) is 10.5. The number of pyridine rings is 1. The van der Waals surface area contributed by atoms with E-state index in [1.54, 1.807) is 35.4 Å². The molecule has 1 fully saturated rings. The van der Waals surface area contributed by atoms with Crippen LogP contribution in [0.5, 0.6) is 17.4 Å². The number of fused-ring (bicyclic) bond motifs is 1. The number of likely N-dealkylation sites (tertiary alicyclic amines) is 1. The van der Waals surface area contributed by atoms with Crippen LogP contribution in [0.3, 0.4) is 0 Å². The molecule has 312 valence electrons. The molecule has 17 heteroatoms. The molecule has 1 aliphatic heterocycles. The van der Waals surface area contributed by atoms with Crippen LogP contribution in [0.4, 0.5) is 14.5 Å². The van der Waals surface area contributed by atoms with Gasteiger partial charge in [-0.1, -0.05) is 60.8 Å². The van der Waals surface area contributed by atoms with Crippen molar-refractivity contribution in [2.45, 2.75) is 57.0 Å². The van der Waals surface area contributed by atoms with Gasteiger partial charge in [0, 0.05) is 49.5 Å². The summed E-state index contributed by atoms with van der Waals surface area (Å²) in [6, 6.07) is 19.3. The van der Waals surface area contributed by atoms with Crippen LogP contribution in [-0.4, -0.2) is 86.2 Å². The number of hydrogen-bond acceptors (Lipinski definition) is 10. The Kier molecular flexibility index (Phi) is 13.1. The first-order chi connectivity index (χ1) is 28.2. The van der Waals surface area contributed by atoms with Crippen molar-refractivity contribution >= 4 is 61.3 Å². The topological polar surface area (TPSA) is 151 Å². The maximum atomic E-state index is 13.7. The van der Waals surface area contributed by atoms with Gasteiger partial charge in [0.25, 0.3) is 22.4 Å². The monoisotopic (exact) mass is 867 g/mol. The van der Waals surface area contributed by atoms with E-state index in [0.717, 1.165) is 38.1 Å². The van der Waals surface area contributed by atoms with Crippen LogP contribution in [0.25, 0.3) is 16.5 Å². The minimum absolute atomic E-state index is 0.0407. The number of aromatic nitrogens is 3. The number of benzene rings is 3. The number of halogens is 4. The zero-order valence-electron chi connectivity index (χ0n) is 32.5. The summed E-state index contributed by atoms with van der Waals surface area (Å²) in [5.41, 5.74) is 5.46. The van der Waals surface area contributed by atoms with Crippen molar-refractivity contribution in [3.8, 4) is 17.4 Å². The molecule has 0 radical (unpaired) electrons. The highest BCUT2D eigenvalue weighted by atomic mass is 35.5. The Morgan fingerprint density at radius 2 is 1.86 bits per heavy atom. The number of amides is 1. The number of carbonyl (C=O) groups excluding carboxylic acids is 1. The lowest BCUT2D eigenvalue weighted by Crippen LogP contribution is -2.31. The normalized spacial score (nSPS) is 17.1. The van der Waals surface area contributed by atoms with E-state index in [4.69, 9.17) is 32.7 Å². The van der Waals surface area contributed by atoms with Crippen molar-refractivity contribution < 1.29 is 31.5 Å². The number of H-pyrrole nitrogens is 1. The van der Waals surface area contributed by atoms with Crippen molar-refractivity contribution in [2.24, 2.45) is 5.41 Å². The molecule has 1 aliphatic carbocycles. The number of sulfonamides is 1. The molecule has 1 amide bonds. The number of hydrogen-bond donors (Lipinski definition) is 4. The summed E-state index contributed by atoms with van der Waals surface area (Å²) < 4.78 is 66.8. The molecule has 0 spiro atoms. The molecule has 2 aromatic heterocycles. The lowest BCUT2D eigenvalue weighted by atomic mass is 9.72. The molecule has 4 N–H and O–H groups in total. The minimum atomic E-state index is -4.48. The zero-order valence-corrected chi connectivity index (χ0v) is 34.9. The number of alkyl halides is 2. The second-order valence-corrected chi connectivity index (χ2v) is 18.0. The van der Waals surface area contributed by atoms with E-state index >= 15 is 0 Å². The highest BCUT2D eigenvalue weighted by molar-refractivity contribution is 7.90. The average Bonchev–Trinajstić information content (AvgIpc) is 3.86. The fraction of sp³-hybridized carbons (Fsp3) is 0.357. The number of aromatic amines is 1. The fourth-order valence-electron chi connectivity index (χ4n) is 7.36. The third-order valence-corrected chi connectivity index (χ3v) is 12.3. The molecule has 0 unspecified atom stereocenters. The van der Waals surface area contributed by atoms with E-state index in [1.807, 2.05) is 18.2 Å². The van der Waals surface area contributed by atoms with Gasteiger partial charge in [0.15, 0.2) is 0 Å². The van der Waals surface area contributed by atoms with Gasteiger partial charge < -0.3 is 20.1 Å². The summed E-state index contributed by atoms with van der Waals surface area (Å²) in [5, 5.41) is 15.2. The Bertz CT molecular complexity index is 2450. The van der Waals surface area contributed by atoms with Gasteiger partial charge in [0.2, 0.25) is 5.88 Å². The van der Waals surface area contributed by atoms with Gasteiger partial charge in [-0.05, 0) is 84.7 Å². The van der Waals surface area contributed by atoms with Gasteiger partial charge in [-0.25, -0.2) is 26.9 Å². The van der Waals surface area contributed by atoms with E-state index in [1.165, 1.54) is 22.8 Å². The molecular weight excluding hydrogens is 823 g/mol. The van der Waals surface area contributed by atoms with E-state index in [9.17, 15) is 22.0 Å². The van der Waals surface area contributed by atoms with Gasteiger partial charge >= 0.3 is 0 Å². The molecule has 3 heterocycles. The van der Waals surface area contributed by atoms with Gasteiger partial charge in [-0.2, -0.15) is 5.10 Å². The van der Waals surface area contributed by atoms with E-state index in [2.05, 4.69) is 56.5 Å². The van der Waals surface area contributed by atoms with E-state index in [0.29, 0.717) is 53.4 Å². The summed E-state index contributed by atoms with van der Waals surface area (Å²) >= 11 is 12.5. The Labute approximate surface area is 351 Å². The van der Waals surface area contributed by atoms with Crippen molar-refractivity contribution in [1.82, 2.24) is 30.1 Å². The molecule has 1 atom stereocenters. The second kappa shape index (κ2) is 18.2. The largest absolute Gasteiger partial charge is 0.472 e. The summed E-state index contributed by atoms with van der Waals surface area (Å²) in [5.74, 6) is -0.488. The third kappa shape index (κ3) is 10.7. The molecule has 12 nitrogen and oxygen atoms in total. The lowest BCUT2D eigenvalue weighted by Gasteiger charge is -2.34. The van der Waals surface area contributed by atoms with Crippen LogP contribution in [0.15, 0.2) is 89.6 Å². The lowest BCUT2D eigenvalue weighted by molar-refractivity contribution is 0.0926. The van der Waals surface area contributed by atoms with Crippen LogP contribution < -0.4 is 24.8 Å². The second-order valence-electron chi connectivity index (χ2n) is 15.5. The Morgan fingerprint density at radius 3 is 2.64 bits per heavy atom. The van der Waals surface area contributed by atoms with Crippen molar-refractivity contribution in [2.75, 3.05) is 44.6 Å². The number of rotatable bonds is 16. The molecule has 5 aromatic rings. The smallest absolute Gasteiger partial charge is 0.268 e. The summed E-state index contributed by atoms with van der Waals surface area (Å²) in [6.07, 6.45) is 3.29. The Hall–Kier alpha value is -4.80. The predicted octanol–water partition coefficient (Wildman–Crippen LogP) is 8.56. The van der Waals surface area contributed by atoms with Gasteiger partial charge in [-0.15, -0.1) is 0 Å². The Morgan fingerprint density at radius 1 is 1.05 bits per heavy atom. The van der Waals surface area contributed by atoms with Crippen LogP contribution >= 0.6 is 23.2 Å². The quantitative estimate of drug-likeness (QED) is 0.0711. The van der Waals surface area contributed by atoms with Crippen LogP contribution in [0.1, 0.15) is 55.5 Å². The van der Waals surface area contributed by atoms with Crippen LogP contribution in [0.2, 0.25) is 10.0 Å². The maximum absolute atomic E-state index is 13.7. The average molecular weight is 869 g/mol. The molecular formula is C42H45Cl2F2N7O5S. The SMILES string of the molecule is CC1(C)CCC(CNCCNc2ccc(C(=O)NS(=O)(=O)c3cnc(O[C@@H]4CCN(CC(F)F)C4)c(Cl)c3)c(Oc3cccc4[nH]ncc34)c2)=C(c2ccc(Cl)cc2)C1. The number of carbonyl (C=O) groups is 1. The number of ether oxygens (including phenoxy) is 2. The summed E-state index contributed by atoms with van der Waals surface area (Å²) in [4.78, 5) is 19.0. The van der Waals surface area contributed by atoms with E-state index in [-0.39, 0.29) is 45.6 Å². The highest BCUT2D eigenvalue weighted by Crippen LogP contribution is 2.43. The molecule has 1 saturated heterocycles. The number of nitrogens with one attached hydrogen (secondary N) is 4. The molecule has 3 aromatic carbocycles. The first kappa shape index (κ1) is 42.3. The van der Waals surface area contributed by atoms with Crippen molar-refractivity contribution in [3.05, 3.63) is 106 Å². The zero-order chi connectivity index (χ0) is 41.7. The number of nitrogens with zero attached hydrogens (tertiary/aromatic N) is 3. The molecule has 2 aliphatic rings. The molecule has 0 saturated carbocycles. The van der Waals surface area contributed by atoms with E-state index < -0.39 is 28.5 Å². The number of anilines is 1. The first-order valence-electron chi connectivity index (χ1n) is 19.3. The first-order valence-corrected chi connectivity index (χ1v) is 21.5. The maximum Gasteiger partial charge on any atom is 0.268 e. The van der Waals surface area contributed by atoms with Crippen LogP contribution in [0, 0.1) is 5.41 Å². The van der Waals surface area contributed by atoms with Gasteiger partial charge in [-0.3, -0.25) is 14.8 Å². The fourth-order valence-corrected chi connectivity index (χ4v) is 8.70. The highest BCUT2D eigenvalue weighted by Gasteiger charge is 2.30. The van der Waals surface area contributed by atoms with Crippen molar-refractivity contribution in [3.63, 3.8) is 0 Å². The molecule has 59 heavy (non-hydrogen) atoms. The van der Waals surface area contributed by atoms with Crippen LogP contribution in [-0.2, 0) is 10.0 Å². The minimum Gasteiger partial charge on any atom is -0.472 e. The van der Waals surface area contributed by atoms with Gasteiger partial charge in [0.05, 0.1) is 35.4 Å².